The van der Waals surface area contributed by atoms with Gasteiger partial charge in [0.05, 0.1) is 5.56 Å². The van der Waals surface area contributed by atoms with Crippen LogP contribution < -0.4 is 5.32 Å². The molecular weight excluding hydrogens is 521 g/mol. The van der Waals surface area contributed by atoms with Gasteiger partial charge in [-0.15, -0.1) is 0 Å². The minimum Gasteiger partial charge on any atom is -0.475 e. The quantitative estimate of drug-likeness (QED) is 0.251. The van der Waals surface area contributed by atoms with Crippen molar-refractivity contribution < 1.29 is 23.1 Å². The summed E-state index contributed by atoms with van der Waals surface area (Å²) >= 11 is 0. The Morgan fingerprint density at radius 1 is 1.10 bits per heavy atom. The number of nitrogens with one attached hydrogen (secondary N) is 1. The molecule has 8 nitrogen and oxygen atoms in total. The van der Waals surface area contributed by atoms with Crippen molar-refractivity contribution >= 4 is 23.0 Å². The SMILES string of the molecule is Cc1c(C(C)C)ccnc1-c1nc2nc(C(=O)O)nc(N[C@H](C)C3CCC3)c2n1Cc1ccc(C(F)(F)F)cc1. The van der Waals surface area contributed by atoms with Crippen LogP contribution in [0.1, 0.15) is 78.8 Å². The first-order valence-electron chi connectivity index (χ1n) is 13.3. The molecule has 11 heteroatoms. The van der Waals surface area contributed by atoms with Crippen LogP contribution in [0.5, 0.6) is 0 Å². The largest absolute Gasteiger partial charge is 0.475 e. The molecular formula is C29H31F3N6O2. The molecule has 1 aliphatic carbocycles. The van der Waals surface area contributed by atoms with E-state index in [1.165, 1.54) is 12.1 Å². The number of rotatable bonds is 8. The molecule has 5 rings (SSSR count). The molecule has 4 aromatic rings. The van der Waals surface area contributed by atoms with Gasteiger partial charge in [0, 0.05) is 18.8 Å². The number of fused-ring (bicyclic) bond motifs is 1. The summed E-state index contributed by atoms with van der Waals surface area (Å²) in [4.78, 5) is 29.9. The molecule has 3 aromatic heterocycles. The third-order valence-electron chi connectivity index (χ3n) is 7.72. The number of imidazole rings is 1. The van der Waals surface area contributed by atoms with E-state index in [4.69, 9.17) is 4.98 Å². The summed E-state index contributed by atoms with van der Waals surface area (Å²) in [6.45, 7) is 8.29. The van der Waals surface area contributed by atoms with Gasteiger partial charge in [0.1, 0.15) is 11.2 Å². The second-order valence-electron chi connectivity index (χ2n) is 10.7. The zero-order valence-electron chi connectivity index (χ0n) is 22.8. The van der Waals surface area contributed by atoms with E-state index >= 15 is 0 Å². The number of benzene rings is 1. The van der Waals surface area contributed by atoms with Crippen molar-refractivity contribution in [1.82, 2.24) is 24.5 Å². The Morgan fingerprint density at radius 3 is 2.38 bits per heavy atom. The highest BCUT2D eigenvalue weighted by Gasteiger charge is 2.31. The topological polar surface area (TPSA) is 106 Å². The highest BCUT2D eigenvalue weighted by atomic mass is 19.4. The number of carbonyl (C=O) groups is 1. The van der Waals surface area contributed by atoms with E-state index in [1.54, 1.807) is 6.20 Å². The van der Waals surface area contributed by atoms with Gasteiger partial charge in [-0.25, -0.2) is 19.7 Å². The fourth-order valence-corrected chi connectivity index (χ4v) is 5.22. The van der Waals surface area contributed by atoms with Crippen LogP contribution in [0.15, 0.2) is 36.5 Å². The second-order valence-corrected chi connectivity index (χ2v) is 10.7. The van der Waals surface area contributed by atoms with Crippen LogP contribution >= 0.6 is 0 Å². The van der Waals surface area contributed by atoms with Crippen LogP contribution in [0.4, 0.5) is 19.0 Å². The molecule has 1 fully saturated rings. The minimum absolute atomic E-state index is 0.0236. The number of pyridine rings is 1. The summed E-state index contributed by atoms with van der Waals surface area (Å²) in [5.41, 5.74) is 3.09. The predicted molar refractivity (Wildman–Crippen MR) is 145 cm³/mol. The van der Waals surface area contributed by atoms with E-state index in [9.17, 15) is 23.1 Å². The fourth-order valence-electron chi connectivity index (χ4n) is 5.22. The second kappa shape index (κ2) is 10.5. The smallest absolute Gasteiger partial charge is 0.416 e. The van der Waals surface area contributed by atoms with Gasteiger partial charge in [-0.2, -0.15) is 13.2 Å². The molecule has 0 aliphatic heterocycles. The monoisotopic (exact) mass is 552 g/mol. The van der Waals surface area contributed by atoms with E-state index in [0.717, 1.165) is 42.5 Å². The summed E-state index contributed by atoms with van der Waals surface area (Å²) < 4.78 is 41.5. The minimum atomic E-state index is -4.44. The van der Waals surface area contributed by atoms with Crippen LogP contribution in [-0.2, 0) is 12.7 Å². The zero-order chi connectivity index (χ0) is 28.8. The van der Waals surface area contributed by atoms with Crippen molar-refractivity contribution in [3.05, 3.63) is 64.6 Å². The number of hydrogen-bond donors (Lipinski definition) is 2. The van der Waals surface area contributed by atoms with Gasteiger partial charge in [-0.3, -0.25) is 4.98 Å². The van der Waals surface area contributed by atoms with Crippen molar-refractivity contribution in [3.63, 3.8) is 0 Å². The van der Waals surface area contributed by atoms with Crippen molar-refractivity contribution in [2.24, 2.45) is 5.92 Å². The summed E-state index contributed by atoms with van der Waals surface area (Å²) in [5.74, 6) is -0.265. The molecule has 3 heterocycles. The normalized spacial score (nSPS) is 14.9. The van der Waals surface area contributed by atoms with Gasteiger partial charge in [0.15, 0.2) is 17.3 Å². The van der Waals surface area contributed by atoms with E-state index in [0.29, 0.717) is 34.3 Å². The lowest BCUT2D eigenvalue weighted by Crippen LogP contribution is -2.31. The van der Waals surface area contributed by atoms with Crippen LogP contribution in [0.2, 0.25) is 0 Å². The molecule has 0 amide bonds. The van der Waals surface area contributed by atoms with Crippen LogP contribution in [-0.4, -0.2) is 41.6 Å². The lowest BCUT2D eigenvalue weighted by atomic mass is 9.80. The molecule has 0 saturated heterocycles. The summed E-state index contributed by atoms with van der Waals surface area (Å²) in [5, 5.41) is 13.1. The Balaban J connectivity index is 1.72. The number of aromatic carboxylic acids is 1. The van der Waals surface area contributed by atoms with Crippen molar-refractivity contribution in [3.8, 4) is 11.5 Å². The Bertz CT molecular complexity index is 1560. The molecule has 1 atom stereocenters. The van der Waals surface area contributed by atoms with Crippen molar-refractivity contribution in [2.45, 2.75) is 71.6 Å². The number of nitrogens with zero attached hydrogens (tertiary/aromatic N) is 5. The Labute approximate surface area is 229 Å². The average Bonchev–Trinajstić information content (AvgIpc) is 3.20. The number of hydrogen-bond acceptors (Lipinski definition) is 6. The molecule has 210 valence electrons. The van der Waals surface area contributed by atoms with E-state index in [-0.39, 0.29) is 30.0 Å². The fraction of sp³-hybridized carbons (Fsp3) is 0.414. The van der Waals surface area contributed by atoms with Crippen molar-refractivity contribution in [1.29, 1.82) is 0 Å². The molecule has 1 saturated carbocycles. The van der Waals surface area contributed by atoms with Gasteiger partial charge in [-0.05, 0) is 73.4 Å². The Kier molecular flexibility index (Phi) is 7.24. The number of aromatic nitrogens is 5. The highest BCUT2D eigenvalue weighted by Crippen LogP contribution is 2.35. The van der Waals surface area contributed by atoms with Gasteiger partial charge < -0.3 is 15.0 Å². The van der Waals surface area contributed by atoms with Gasteiger partial charge in [-0.1, -0.05) is 32.4 Å². The maximum Gasteiger partial charge on any atom is 0.416 e. The maximum absolute atomic E-state index is 13.2. The number of carboxylic acids is 1. The number of alkyl halides is 3. The van der Waals surface area contributed by atoms with Crippen LogP contribution in [0, 0.1) is 12.8 Å². The summed E-state index contributed by atoms with van der Waals surface area (Å²) in [6, 6.07) is 6.93. The van der Waals surface area contributed by atoms with Crippen LogP contribution in [0.3, 0.4) is 0 Å². The standard InChI is InChI=1S/C29H31F3N6O2/c1-15(2)21-12-13-33-22(16(21)3)27-37-25-23(38(27)14-18-8-10-20(11-9-18)29(30,31)32)24(35-26(36-25)28(39)40)34-17(4)19-6-5-7-19/h8-13,15,17,19H,5-7,14H2,1-4H3,(H,39,40)(H,34,35,36)/t17-/m1/s1. The molecule has 40 heavy (non-hydrogen) atoms. The molecule has 0 bridgehead atoms. The number of halogens is 3. The predicted octanol–water partition coefficient (Wildman–Crippen LogP) is 6.69. The maximum atomic E-state index is 13.2. The third-order valence-corrected chi connectivity index (χ3v) is 7.72. The molecule has 1 aliphatic rings. The average molecular weight is 553 g/mol. The first kappa shape index (κ1) is 27.5. The molecule has 1 aromatic carbocycles. The lowest BCUT2D eigenvalue weighted by molar-refractivity contribution is -0.137. The molecule has 2 N–H and O–H groups in total. The Hall–Kier alpha value is -4.02. The van der Waals surface area contributed by atoms with Crippen molar-refractivity contribution in [2.75, 3.05) is 5.32 Å². The van der Waals surface area contributed by atoms with Crippen LogP contribution in [0.25, 0.3) is 22.7 Å². The van der Waals surface area contributed by atoms with Gasteiger partial charge in [0.25, 0.3) is 0 Å². The summed E-state index contributed by atoms with van der Waals surface area (Å²) in [7, 11) is 0. The molecule has 0 spiro atoms. The lowest BCUT2D eigenvalue weighted by Gasteiger charge is -2.32. The van der Waals surface area contributed by atoms with Gasteiger partial charge >= 0.3 is 12.1 Å². The first-order chi connectivity index (χ1) is 18.9. The third kappa shape index (κ3) is 5.24. The number of anilines is 1. The molecule has 0 unspecified atom stereocenters. The van der Waals surface area contributed by atoms with E-state index in [2.05, 4.69) is 34.1 Å². The zero-order valence-corrected chi connectivity index (χ0v) is 22.8. The van der Waals surface area contributed by atoms with E-state index < -0.39 is 17.7 Å². The molecule has 0 radical (unpaired) electrons. The van der Waals surface area contributed by atoms with E-state index in [1.807, 2.05) is 24.5 Å². The highest BCUT2D eigenvalue weighted by molar-refractivity contribution is 5.92. The first-order valence-corrected chi connectivity index (χ1v) is 13.3. The summed E-state index contributed by atoms with van der Waals surface area (Å²) in [6.07, 6.45) is 0.527. The Morgan fingerprint density at radius 2 is 1.80 bits per heavy atom. The van der Waals surface area contributed by atoms with Gasteiger partial charge in [0.2, 0.25) is 5.82 Å². The number of carboxylic acid groups (broad SMARTS) is 1.